The molecule has 0 aromatic heterocycles. The van der Waals surface area contributed by atoms with Gasteiger partial charge in [0, 0.05) is 25.7 Å². The van der Waals surface area contributed by atoms with Gasteiger partial charge in [0.2, 0.25) is 5.91 Å². The largest absolute Gasteiger partial charge is 0.345 e. The first kappa shape index (κ1) is 15.0. The van der Waals surface area contributed by atoms with Crippen molar-refractivity contribution in [3.8, 4) is 0 Å². The van der Waals surface area contributed by atoms with Gasteiger partial charge in [-0.15, -0.1) is 0 Å². The number of carbonyl (C=O) groups excluding carboxylic acids is 2. The van der Waals surface area contributed by atoms with Crippen molar-refractivity contribution in [2.75, 3.05) is 19.0 Å². The molecule has 0 N–H and O–H groups in total. The minimum atomic E-state index is -0.190. The molecule has 0 unspecified atom stereocenters. The number of nitrogens with zero attached hydrogens (tertiary/aromatic N) is 2. The summed E-state index contributed by atoms with van der Waals surface area (Å²) in [5.41, 5.74) is 3.16. The molecule has 116 valence electrons. The molecular weight excluding hydrogens is 288 g/mol. The number of para-hydroxylation sites is 1. The standard InChI is InChI=1S/C19H18N2O2/c1-20(2)18(22)12-16-15-10-6-7-11-17(15)21(19(16)23)13-14-8-4-3-5-9-14/h3-12H,13H2,1-2H3/b16-12-. The normalized spacial score (nSPS) is 15.0. The molecule has 1 aliphatic rings. The zero-order chi connectivity index (χ0) is 16.4. The highest BCUT2D eigenvalue weighted by atomic mass is 16.2. The Morgan fingerprint density at radius 1 is 1.04 bits per heavy atom. The number of hydrogen-bond donors (Lipinski definition) is 0. The molecule has 0 bridgehead atoms. The first-order valence-electron chi connectivity index (χ1n) is 7.46. The zero-order valence-corrected chi connectivity index (χ0v) is 13.2. The maximum Gasteiger partial charge on any atom is 0.259 e. The van der Waals surface area contributed by atoms with E-state index in [0.717, 1.165) is 16.8 Å². The second-order valence-electron chi connectivity index (χ2n) is 5.68. The molecule has 0 spiro atoms. The molecule has 4 nitrogen and oxygen atoms in total. The maximum absolute atomic E-state index is 12.8. The lowest BCUT2D eigenvalue weighted by Crippen LogP contribution is -2.26. The van der Waals surface area contributed by atoms with Crippen LogP contribution in [0.25, 0.3) is 5.57 Å². The number of rotatable bonds is 3. The lowest BCUT2D eigenvalue weighted by molar-refractivity contribution is -0.123. The van der Waals surface area contributed by atoms with Gasteiger partial charge < -0.3 is 9.80 Å². The number of likely N-dealkylation sites (N-methyl/N-ethyl adjacent to an activating group) is 1. The Morgan fingerprint density at radius 2 is 1.70 bits per heavy atom. The van der Waals surface area contributed by atoms with Gasteiger partial charge in [0.25, 0.3) is 5.91 Å². The predicted octanol–water partition coefficient (Wildman–Crippen LogP) is 2.71. The number of carbonyl (C=O) groups is 2. The van der Waals surface area contributed by atoms with Gasteiger partial charge in [0.1, 0.15) is 0 Å². The molecule has 4 heteroatoms. The molecule has 3 rings (SSSR count). The topological polar surface area (TPSA) is 40.6 Å². The van der Waals surface area contributed by atoms with Gasteiger partial charge in [-0.2, -0.15) is 0 Å². The van der Waals surface area contributed by atoms with Crippen LogP contribution in [0.3, 0.4) is 0 Å². The van der Waals surface area contributed by atoms with E-state index in [-0.39, 0.29) is 11.8 Å². The Balaban J connectivity index is 2.00. The molecule has 23 heavy (non-hydrogen) atoms. The van der Waals surface area contributed by atoms with Crippen LogP contribution in [0.4, 0.5) is 5.69 Å². The second kappa shape index (κ2) is 6.08. The molecule has 1 aliphatic heterocycles. The summed E-state index contributed by atoms with van der Waals surface area (Å²) in [6.45, 7) is 0.490. The summed E-state index contributed by atoms with van der Waals surface area (Å²) in [7, 11) is 3.35. The molecular formula is C19H18N2O2. The lowest BCUT2D eigenvalue weighted by Gasteiger charge is -2.17. The Kier molecular flexibility index (Phi) is 3.98. The molecule has 0 aliphatic carbocycles. The summed E-state index contributed by atoms with van der Waals surface area (Å²) in [5, 5.41) is 0. The van der Waals surface area contributed by atoms with E-state index in [0.29, 0.717) is 12.1 Å². The Labute approximate surface area is 135 Å². The molecule has 1 heterocycles. The van der Waals surface area contributed by atoms with Crippen LogP contribution in [0, 0.1) is 0 Å². The van der Waals surface area contributed by atoms with Gasteiger partial charge in [0.05, 0.1) is 17.8 Å². The smallest absolute Gasteiger partial charge is 0.259 e. The van der Waals surface area contributed by atoms with Crippen molar-refractivity contribution in [3.63, 3.8) is 0 Å². The van der Waals surface area contributed by atoms with Crippen LogP contribution in [0.2, 0.25) is 0 Å². The van der Waals surface area contributed by atoms with E-state index < -0.39 is 0 Å². The summed E-state index contributed by atoms with van der Waals surface area (Å²) in [4.78, 5) is 28.0. The van der Waals surface area contributed by atoms with Crippen LogP contribution in [-0.4, -0.2) is 30.8 Å². The predicted molar refractivity (Wildman–Crippen MR) is 90.7 cm³/mol. The van der Waals surface area contributed by atoms with E-state index in [2.05, 4.69) is 0 Å². The quantitative estimate of drug-likeness (QED) is 0.818. The van der Waals surface area contributed by atoms with Gasteiger partial charge in [0.15, 0.2) is 0 Å². The van der Waals surface area contributed by atoms with Crippen LogP contribution >= 0.6 is 0 Å². The van der Waals surface area contributed by atoms with Gasteiger partial charge in [-0.05, 0) is 11.6 Å². The van der Waals surface area contributed by atoms with Crippen LogP contribution < -0.4 is 4.90 Å². The average molecular weight is 306 g/mol. The van der Waals surface area contributed by atoms with E-state index in [4.69, 9.17) is 0 Å². The Hall–Kier alpha value is -2.88. The molecule has 0 atom stereocenters. The van der Waals surface area contributed by atoms with Crippen LogP contribution in [0.5, 0.6) is 0 Å². The average Bonchev–Trinajstić information content (AvgIpc) is 2.82. The third-order valence-corrected chi connectivity index (χ3v) is 3.85. The van der Waals surface area contributed by atoms with E-state index in [9.17, 15) is 9.59 Å². The molecule has 2 aromatic carbocycles. The van der Waals surface area contributed by atoms with Crippen molar-refractivity contribution in [1.82, 2.24) is 4.90 Å². The number of fused-ring (bicyclic) bond motifs is 1. The molecule has 0 radical (unpaired) electrons. The van der Waals surface area contributed by atoms with Gasteiger partial charge >= 0.3 is 0 Å². The zero-order valence-electron chi connectivity index (χ0n) is 13.2. The summed E-state index contributed by atoms with van der Waals surface area (Å²) in [6.07, 6.45) is 1.42. The van der Waals surface area contributed by atoms with E-state index >= 15 is 0 Å². The molecule has 0 saturated carbocycles. The Morgan fingerprint density at radius 3 is 2.39 bits per heavy atom. The van der Waals surface area contributed by atoms with Gasteiger partial charge in [-0.3, -0.25) is 9.59 Å². The Bertz CT molecular complexity index is 779. The van der Waals surface area contributed by atoms with Crippen molar-refractivity contribution in [2.45, 2.75) is 6.54 Å². The highest BCUT2D eigenvalue weighted by molar-refractivity contribution is 6.34. The van der Waals surface area contributed by atoms with Crippen LogP contribution in [0.1, 0.15) is 11.1 Å². The van der Waals surface area contributed by atoms with Crippen molar-refractivity contribution in [2.24, 2.45) is 0 Å². The van der Waals surface area contributed by atoms with Crippen molar-refractivity contribution >= 4 is 23.1 Å². The summed E-state index contributed by atoms with van der Waals surface area (Å²) in [5.74, 6) is -0.324. The lowest BCUT2D eigenvalue weighted by atomic mass is 10.1. The fourth-order valence-corrected chi connectivity index (χ4v) is 2.62. The van der Waals surface area contributed by atoms with Crippen LogP contribution in [0.15, 0.2) is 60.7 Å². The molecule has 2 aromatic rings. The number of anilines is 1. The minimum absolute atomic E-state index is 0.134. The first-order chi connectivity index (χ1) is 11.1. The summed E-state index contributed by atoms with van der Waals surface area (Å²) >= 11 is 0. The van der Waals surface area contributed by atoms with Crippen LogP contribution in [-0.2, 0) is 16.1 Å². The molecule has 2 amide bonds. The molecule has 0 fully saturated rings. The number of hydrogen-bond acceptors (Lipinski definition) is 2. The van der Waals surface area contributed by atoms with E-state index in [1.165, 1.54) is 11.0 Å². The SMILES string of the molecule is CN(C)C(=O)/C=C1\C(=O)N(Cc2ccccc2)c2ccccc21. The minimum Gasteiger partial charge on any atom is -0.345 e. The van der Waals surface area contributed by atoms with Crippen molar-refractivity contribution < 1.29 is 9.59 Å². The third-order valence-electron chi connectivity index (χ3n) is 3.85. The maximum atomic E-state index is 12.8. The monoisotopic (exact) mass is 306 g/mol. The van der Waals surface area contributed by atoms with Gasteiger partial charge in [-0.25, -0.2) is 0 Å². The van der Waals surface area contributed by atoms with Crippen molar-refractivity contribution in [1.29, 1.82) is 0 Å². The van der Waals surface area contributed by atoms with Crippen molar-refractivity contribution in [3.05, 3.63) is 71.8 Å². The van der Waals surface area contributed by atoms with E-state index in [1.54, 1.807) is 19.0 Å². The highest BCUT2D eigenvalue weighted by Crippen LogP contribution is 2.37. The fraction of sp³-hybridized carbons (Fsp3) is 0.158. The van der Waals surface area contributed by atoms with Gasteiger partial charge in [-0.1, -0.05) is 48.5 Å². The third kappa shape index (κ3) is 2.88. The van der Waals surface area contributed by atoms with E-state index in [1.807, 2.05) is 54.6 Å². The fourth-order valence-electron chi connectivity index (χ4n) is 2.62. The first-order valence-corrected chi connectivity index (χ1v) is 7.46. The summed E-state index contributed by atoms with van der Waals surface area (Å²) < 4.78 is 0. The second-order valence-corrected chi connectivity index (χ2v) is 5.68. The number of benzene rings is 2. The highest BCUT2D eigenvalue weighted by Gasteiger charge is 2.32. The molecule has 0 saturated heterocycles. The number of amides is 2. The summed E-state index contributed by atoms with van der Waals surface area (Å²) in [6, 6.07) is 17.4.